The first-order valence-electron chi connectivity index (χ1n) is 8.23. The van der Waals surface area contributed by atoms with Gasteiger partial charge in [-0.15, -0.1) is 0 Å². The number of carbonyl (C=O) groups excluding carboxylic acids is 3. The van der Waals surface area contributed by atoms with E-state index in [1.54, 1.807) is 0 Å². The van der Waals surface area contributed by atoms with E-state index in [1.807, 2.05) is 0 Å². The maximum absolute atomic E-state index is 10.5. The molecule has 0 saturated heterocycles. The van der Waals surface area contributed by atoms with Crippen LogP contribution in [0.25, 0.3) is 0 Å². The number of hydrogen-bond donors (Lipinski definition) is 0. The van der Waals surface area contributed by atoms with Crippen LogP contribution in [0.1, 0.15) is 58.1 Å². The van der Waals surface area contributed by atoms with Gasteiger partial charge in [-0.25, -0.2) is 0 Å². The van der Waals surface area contributed by atoms with Crippen molar-refractivity contribution in [2.24, 2.45) is 0 Å². The van der Waals surface area contributed by atoms with E-state index in [1.165, 1.54) is 22.5 Å². The lowest BCUT2D eigenvalue weighted by atomic mass is 9.81. The summed E-state index contributed by atoms with van der Waals surface area (Å²) in [5.41, 5.74) is 5.43. The smallest absolute Gasteiger partial charge is 0.373 e. The van der Waals surface area contributed by atoms with Crippen LogP contribution in [0.5, 0.6) is 0 Å². The van der Waals surface area contributed by atoms with Gasteiger partial charge in [0, 0.05) is 30.9 Å². The molecule has 0 radical (unpaired) electrons. The fourth-order valence-corrected chi connectivity index (χ4v) is 3.08. The minimum Gasteiger partial charge on any atom is -0.550 e. The van der Waals surface area contributed by atoms with E-state index in [-0.39, 0.29) is 18.0 Å². The van der Waals surface area contributed by atoms with E-state index < -0.39 is 5.97 Å². The summed E-state index contributed by atoms with van der Waals surface area (Å²) < 4.78 is 2.35. The van der Waals surface area contributed by atoms with Crippen molar-refractivity contribution < 1.29 is 24.1 Å². The summed E-state index contributed by atoms with van der Waals surface area (Å²) >= 11 is 0. The second-order valence-electron chi connectivity index (χ2n) is 6.48. The molecule has 2 rings (SSSR count). The molecule has 1 aromatic rings. The normalized spacial score (nSPS) is 14.5. The van der Waals surface area contributed by atoms with Crippen molar-refractivity contribution in [1.29, 1.82) is 0 Å². The summed E-state index contributed by atoms with van der Waals surface area (Å²) in [6.07, 6.45) is 3.00. The first-order chi connectivity index (χ1) is 11.3. The molecule has 5 heteroatoms. The number of aryl methyl sites for hydroxylation is 1. The van der Waals surface area contributed by atoms with Gasteiger partial charge in [-0.05, 0) is 44.7 Å². The van der Waals surface area contributed by atoms with Crippen molar-refractivity contribution in [1.82, 2.24) is 0 Å². The molecule has 0 unspecified atom stereocenters. The monoisotopic (exact) mass is 331 g/mol. The first-order valence-corrected chi connectivity index (χ1v) is 8.23. The molecule has 0 aliphatic carbocycles. The number of carboxylic acid groups (broad SMARTS) is 1. The highest BCUT2D eigenvalue weighted by molar-refractivity contribution is 5.93. The Morgan fingerprint density at radius 1 is 1.25 bits per heavy atom. The number of carbonyl (C=O) groups is 1. The molecule has 0 aromatic heterocycles. The van der Waals surface area contributed by atoms with Crippen molar-refractivity contribution in [3.63, 3.8) is 0 Å². The Hall–Kier alpha value is -2.26. The fraction of sp³-hybridized carbons (Fsp3) is 0.526. The lowest BCUT2D eigenvalue weighted by Crippen LogP contribution is -2.27. The van der Waals surface area contributed by atoms with Crippen LogP contribution in [0, 0.1) is 0 Å². The molecular formula is C19H25NO4. The molecule has 0 amide bonds. The number of benzene rings is 1. The average Bonchev–Trinajstić information content (AvgIpc) is 2.72. The molecule has 24 heavy (non-hydrogen) atoms. The molecule has 0 saturated carbocycles. The molecule has 0 spiro atoms. The highest BCUT2D eigenvalue weighted by Crippen LogP contribution is 2.40. The zero-order valence-corrected chi connectivity index (χ0v) is 14.8. The predicted molar refractivity (Wildman–Crippen MR) is 88.2 cm³/mol. The van der Waals surface area contributed by atoms with E-state index in [2.05, 4.69) is 50.5 Å². The Labute approximate surface area is 143 Å². The Kier molecular flexibility index (Phi) is 7.05. The minimum atomic E-state index is -0.953. The third-order valence-corrected chi connectivity index (χ3v) is 4.76. The van der Waals surface area contributed by atoms with Gasteiger partial charge in [0.05, 0.1) is 5.41 Å². The standard InChI is InChI=1S/C18H25NO2.CO2/c1-5-14-9-10-16-15(12-14)18(3,4)13(2)19(16)11-7-6-8-17(20)21;2-1-3/h9-10,12H,5-8,11H2,1-4H3;. The third kappa shape index (κ3) is 4.39. The second kappa shape index (κ2) is 8.55. The van der Waals surface area contributed by atoms with Gasteiger partial charge in [0.1, 0.15) is 6.54 Å². The number of nitrogens with zero attached hydrogens (tertiary/aromatic N) is 1. The molecule has 0 bridgehead atoms. The highest BCUT2D eigenvalue weighted by atomic mass is 16.4. The zero-order chi connectivity index (χ0) is 18.3. The highest BCUT2D eigenvalue weighted by Gasteiger charge is 2.42. The van der Waals surface area contributed by atoms with Gasteiger partial charge in [0.25, 0.3) is 0 Å². The van der Waals surface area contributed by atoms with Gasteiger partial charge in [0.15, 0.2) is 5.71 Å². The second-order valence-corrected chi connectivity index (χ2v) is 6.48. The number of rotatable bonds is 6. The van der Waals surface area contributed by atoms with Crippen LogP contribution < -0.4 is 5.11 Å². The zero-order valence-electron chi connectivity index (χ0n) is 14.8. The summed E-state index contributed by atoms with van der Waals surface area (Å²) in [4.78, 5) is 26.8. The first kappa shape index (κ1) is 19.8. The quantitative estimate of drug-likeness (QED) is 0.590. The van der Waals surface area contributed by atoms with E-state index >= 15 is 0 Å². The summed E-state index contributed by atoms with van der Waals surface area (Å²) in [6.45, 7) is 9.77. The van der Waals surface area contributed by atoms with E-state index in [4.69, 9.17) is 9.59 Å². The lowest BCUT2D eigenvalue weighted by Gasteiger charge is -2.15. The average molecular weight is 331 g/mol. The number of hydrogen-bond acceptors (Lipinski definition) is 4. The largest absolute Gasteiger partial charge is 0.550 e. The Bertz CT molecular complexity index is 668. The van der Waals surface area contributed by atoms with Crippen molar-refractivity contribution in [3.05, 3.63) is 29.3 Å². The molecule has 0 N–H and O–H groups in total. The van der Waals surface area contributed by atoms with Gasteiger partial charge in [-0.1, -0.05) is 13.0 Å². The summed E-state index contributed by atoms with van der Waals surface area (Å²) in [6, 6.07) is 6.73. The molecule has 1 aromatic carbocycles. The number of fused-ring (bicyclic) bond motifs is 1. The van der Waals surface area contributed by atoms with Crippen LogP contribution in [-0.4, -0.2) is 29.0 Å². The summed E-state index contributed by atoms with van der Waals surface area (Å²) in [5, 5.41) is 10.5. The van der Waals surface area contributed by atoms with Crippen LogP contribution in [-0.2, 0) is 26.2 Å². The van der Waals surface area contributed by atoms with Crippen LogP contribution in [0.3, 0.4) is 0 Å². The number of carboxylic acids is 1. The Morgan fingerprint density at radius 2 is 1.88 bits per heavy atom. The molecule has 1 aliphatic heterocycles. The maximum Gasteiger partial charge on any atom is 0.373 e. The minimum absolute atomic E-state index is 0.0505. The van der Waals surface area contributed by atoms with Crippen LogP contribution >= 0.6 is 0 Å². The Morgan fingerprint density at radius 3 is 2.42 bits per heavy atom. The van der Waals surface area contributed by atoms with E-state index in [0.29, 0.717) is 6.42 Å². The SMILES string of the molecule is CCc1ccc2c(c1)C(C)(C)C(C)=[N+]2CCCCC(=O)[O-].O=C=O. The van der Waals surface area contributed by atoms with Crippen molar-refractivity contribution >= 4 is 23.5 Å². The van der Waals surface area contributed by atoms with Crippen LogP contribution in [0.15, 0.2) is 18.2 Å². The van der Waals surface area contributed by atoms with Gasteiger partial charge in [0.2, 0.25) is 5.69 Å². The molecular weight excluding hydrogens is 306 g/mol. The molecule has 0 fully saturated rings. The topological polar surface area (TPSA) is 77.3 Å². The van der Waals surface area contributed by atoms with Crippen molar-refractivity contribution in [2.45, 2.75) is 58.8 Å². The molecule has 5 nitrogen and oxygen atoms in total. The third-order valence-electron chi connectivity index (χ3n) is 4.76. The maximum atomic E-state index is 10.5. The molecule has 1 heterocycles. The summed E-state index contributed by atoms with van der Waals surface area (Å²) in [5.74, 6) is -0.953. The summed E-state index contributed by atoms with van der Waals surface area (Å²) in [7, 11) is 0. The van der Waals surface area contributed by atoms with Gasteiger partial charge >= 0.3 is 6.15 Å². The molecule has 130 valence electrons. The van der Waals surface area contributed by atoms with Gasteiger partial charge < -0.3 is 9.90 Å². The van der Waals surface area contributed by atoms with E-state index in [0.717, 1.165) is 19.4 Å². The van der Waals surface area contributed by atoms with Crippen molar-refractivity contribution in [3.8, 4) is 0 Å². The fourth-order valence-electron chi connectivity index (χ4n) is 3.08. The van der Waals surface area contributed by atoms with Crippen LogP contribution in [0.2, 0.25) is 0 Å². The molecule has 0 atom stereocenters. The lowest BCUT2D eigenvalue weighted by molar-refractivity contribution is -0.439. The Balaban J connectivity index is 0.000000891. The number of unbranched alkanes of at least 4 members (excludes halogenated alkanes) is 1. The van der Waals surface area contributed by atoms with E-state index in [9.17, 15) is 9.90 Å². The van der Waals surface area contributed by atoms with Gasteiger partial charge in [-0.3, -0.25) is 0 Å². The number of aliphatic carboxylic acids is 1. The predicted octanol–water partition coefficient (Wildman–Crippen LogP) is 1.98. The van der Waals surface area contributed by atoms with Crippen LogP contribution in [0.4, 0.5) is 5.69 Å². The molecule has 1 aliphatic rings. The van der Waals surface area contributed by atoms with Crippen molar-refractivity contribution in [2.75, 3.05) is 6.54 Å². The van der Waals surface area contributed by atoms with Gasteiger partial charge in [-0.2, -0.15) is 14.2 Å².